The molecule has 2 N–H and O–H groups in total. The Hall–Kier alpha value is -3.50. The summed E-state index contributed by atoms with van der Waals surface area (Å²) in [6.07, 6.45) is 4.85. The summed E-state index contributed by atoms with van der Waals surface area (Å²) in [5.41, 5.74) is 4.12. The van der Waals surface area contributed by atoms with E-state index in [9.17, 15) is 10.1 Å². The number of nitrogens with zero attached hydrogens (tertiary/aromatic N) is 6. The zero-order valence-corrected chi connectivity index (χ0v) is 18.9. The van der Waals surface area contributed by atoms with Gasteiger partial charge in [-0.25, -0.2) is 5.43 Å². The lowest BCUT2D eigenvalue weighted by Gasteiger charge is -2.26. The van der Waals surface area contributed by atoms with E-state index in [2.05, 4.69) is 35.7 Å². The van der Waals surface area contributed by atoms with Gasteiger partial charge in [-0.05, 0) is 43.5 Å². The van der Waals surface area contributed by atoms with E-state index in [4.69, 9.17) is 23.2 Å². The maximum atomic E-state index is 10.9. The van der Waals surface area contributed by atoms with Crippen molar-refractivity contribution in [1.29, 1.82) is 0 Å². The lowest BCUT2D eigenvalue weighted by Crippen LogP contribution is -2.31. The minimum absolute atomic E-state index is 0.00255. The van der Waals surface area contributed by atoms with E-state index in [-0.39, 0.29) is 11.6 Å². The number of rotatable bonds is 7. The van der Waals surface area contributed by atoms with Crippen LogP contribution in [0.15, 0.2) is 47.6 Å². The normalized spacial score (nSPS) is 13.8. The van der Waals surface area contributed by atoms with E-state index in [1.807, 2.05) is 0 Å². The van der Waals surface area contributed by atoms with Crippen molar-refractivity contribution in [3.05, 3.63) is 68.2 Å². The Bertz CT molecular complexity index is 1170. The van der Waals surface area contributed by atoms with Gasteiger partial charge in [-0.2, -0.15) is 20.1 Å². The Kier molecular flexibility index (Phi) is 7.16. The van der Waals surface area contributed by atoms with Crippen LogP contribution >= 0.6 is 23.2 Å². The van der Waals surface area contributed by atoms with Crippen molar-refractivity contribution in [2.45, 2.75) is 19.3 Å². The van der Waals surface area contributed by atoms with Crippen molar-refractivity contribution < 1.29 is 4.92 Å². The van der Waals surface area contributed by atoms with Gasteiger partial charge in [-0.1, -0.05) is 29.3 Å². The number of aromatic nitrogens is 3. The summed E-state index contributed by atoms with van der Waals surface area (Å²) in [4.78, 5) is 25.9. The molecule has 0 spiro atoms. The number of nitro groups is 1. The zero-order chi connectivity index (χ0) is 23.2. The van der Waals surface area contributed by atoms with Crippen molar-refractivity contribution >= 4 is 58.6 Å². The Morgan fingerprint density at radius 3 is 2.42 bits per heavy atom. The Balaban J connectivity index is 1.57. The number of hydrogen-bond donors (Lipinski definition) is 2. The Labute approximate surface area is 199 Å². The molecule has 2 heterocycles. The largest absolute Gasteiger partial charge is 0.341 e. The highest BCUT2D eigenvalue weighted by atomic mass is 35.5. The second-order valence-electron chi connectivity index (χ2n) is 7.30. The van der Waals surface area contributed by atoms with Gasteiger partial charge in [0.15, 0.2) is 0 Å². The molecule has 170 valence electrons. The fraction of sp³-hybridized carbons (Fsp3) is 0.238. The monoisotopic (exact) mass is 486 g/mol. The summed E-state index contributed by atoms with van der Waals surface area (Å²) >= 11 is 12.1. The van der Waals surface area contributed by atoms with Crippen LogP contribution < -0.4 is 15.6 Å². The summed E-state index contributed by atoms with van der Waals surface area (Å²) in [7, 11) is 0. The van der Waals surface area contributed by atoms with Crippen molar-refractivity contribution in [2.24, 2.45) is 5.10 Å². The van der Waals surface area contributed by atoms with Gasteiger partial charge < -0.3 is 10.2 Å². The fourth-order valence-electron chi connectivity index (χ4n) is 3.27. The first kappa shape index (κ1) is 22.7. The van der Waals surface area contributed by atoms with Gasteiger partial charge in [-0.15, -0.1) is 0 Å². The van der Waals surface area contributed by atoms with Crippen LogP contribution in [0.3, 0.4) is 0 Å². The molecule has 0 aliphatic carbocycles. The van der Waals surface area contributed by atoms with E-state index >= 15 is 0 Å². The van der Waals surface area contributed by atoms with Gasteiger partial charge in [0.2, 0.25) is 17.8 Å². The zero-order valence-electron chi connectivity index (χ0n) is 17.4. The molecule has 1 aliphatic heterocycles. The summed E-state index contributed by atoms with van der Waals surface area (Å²) < 4.78 is 0. The SMILES string of the molecule is O=[N+]([O-])c1ccc(Nc2nc(N/N=C/c3ccc(Cl)cc3Cl)nc(N3CCCCC3)n2)cc1. The molecule has 33 heavy (non-hydrogen) atoms. The maximum Gasteiger partial charge on any atom is 0.269 e. The average molecular weight is 487 g/mol. The third-order valence-corrected chi connectivity index (χ3v) is 5.49. The van der Waals surface area contributed by atoms with Gasteiger partial charge in [-0.3, -0.25) is 10.1 Å². The van der Waals surface area contributed by atoms with Crippen LogP contribution in [-0.4, -0.2) is 39.2 Å². The minimum Gasteiger partial charge on any atom is -0.341 e. The molecule has 12 heteroatoms. The molecule has 0 unspecified atom stereocenters. The van der Waals surface area contributed by atoms with Gasteiger partial charge in [0, 0.05) is 41.5 Å². The van der Waals surface area contributed by atoms with Crippen molar-refractivity contribution in [3.63, 3.8) is 0 Å². The lowest BCUT2D eigenvalue weighted by molar-refractivity contribution is -0.384. The van der Waals surface area contributed by atoms with E-state index in [1.54, 1.807) is 36.5 Å². The number of non-ortho nitro benzene ring substituents is 1. The number of anilines is 4. The van der Waals surface area contributed by atoms with Crippen LogP contribution in [0.4, 0.5) is 29.2 Å². The topological polar surface area (TPSA) is 121 Å². The molecular weight excluding hydrogens is 467 g/mol. The molecule has 0 radical (unpaired) electrons. The highest BCUT2D eigenvalue weighted by Gasteiger charge is 2.16. The second kappa shape index (κ2) is 10.4. The highest BCUT2D eigenvalue weighted by molar-refractivity contribution is 6.36. The lowest BCUT2D eigenvalue weighted by atomic mass is 10.1. The predicted octanol–water partition coefficient (Wildman–Crippen LogP) is 5.27. The van der Waals surface area contributed by atoms with Gasteiger partial charge in [0.05, 0.1) is 16.2 Å². The van der Waals surface area contributed by atoms with Gasteiger partial charge in [0.1, 0.15) is 0 Å². The molecule has 1 aromatic heterocycles. The molecule has 0 saturated carbocycles. The minimum atomic E-state index is -0.450. The number of nitro benzene ring substituents is 1. The number of hydrazone groups is 1. The van der Waals surface area contributed by atoms with E-state index in [0.29, 0.717) is 33.2 Å². The molecular formula is C21H20Cl2N8O2. The number of piperidine rings is 1. The summed E-state index contributed by atoms with van der Waals surface area (Å²) in [5.74, 6) is 1.06. The van der Waals surface area contributed by atoms with Crippen LogP contribution in [0.2, 0.25) is 10.0 Å². The smallest absolute Gasteiger partial charge is 0.269 e. The molecule has 3 aromatic rings. The average Bonchev–Trinajstić information content (AvgIpc) is 2.81. The van der Waals surface area contributed by atoms with Gasteiger partial charge >= 0.3 is 0 Å². The molecule has 0 bridgehead atoms. The van der Waals surface area contributed by atoms with Crippen molar-refractivity contribution in [1.82, 2.24) is 15.0 Å². The van der Waals surface area contributed by atoms with Crippen LogP contribution in [-0.2, 0) is 0 Å². The quantitative estimate of drug-likeness (QED) is 0.263. The number of nitrogens with one attached hydrogen (secondary N) is 2. The van der Waals surface area contributed by atoms with E-state index in [1.165, 1.54) is 18.6 Å². The summed E-state index contributed by atoms with van der Waals surface area (Å²) in [6.45, 7) is 1.70. The van der Waals surface area contributed by atoms with Crippen molar-refractivity contribution in [2.75, 3.05) is 28.7 Å². The number of benzene rings is 2. The maximum absolute atomic E-state index is 10.9. The Morgan fingerprint density at radius 1 is 1.00 bits per heavy atom. The fourth-order valence-corrected chi connectivity index (χ4v) is 3.72. The molecule has 2 aromatic carbocycles. The molecule has 1 saturated heterocycles. The highest BCUT2D eigenvalue weighted by Crippen LogP contribution is 2.23. The second-order valence-corrected chi connectivity index (χ2v) is 8.14. The van der Waals surface area contributed by atoms with Crippen LogP contribution in [0.25, 0.3) is 0 Å². The molecule has 0 atom stereocenters. The first-order chi connectivity index (χ1) is 16.0. The Morgan fingerprint density at radius 2 is 1.73 bits per heavy atom. The van der Waals surface area contributed by atoms with Crippen LogP contribution in [0, 0.1) is 10.1 Å². The third kappa shape index (κ3) is 6.05. The molecule has 1 fully saturated rings. The number of halogens is 2. The molecule has 1 aliphatic rings. The molecule has 10 nitrogen and oxygen atoms in total. The standard InChI is InChI=1S/C21H20Cl2N8O2/c22-15-5-4-14(18(23)12-15)13-24-29-20-26-19(25-16-6-8-17(9-7-16)31(32)33)27-21(28-20)30-10-2-1-3-11-30/h4-9,12-13H,1-3,10-11H2,(H2,25,26,27,28,29)/b24-13+. The third-order valence-electron chi connectivity index (χ3n) is 4.93. The van der Waals surface area contributed by atoms with Gasteiger partial charge in [0.25, 0.3) is 5.69 Å². The molecule has 4 rings (SSSR count). The van der Waals surface area contributed by atoms with Crippen LogP contribution in [0.5, 0.6) is 0 Å². The number of hydrogen-bond acceptors (Lipinski definition) is 9. The van der Waals surface area contributed by atoms with Crippen LogP contribution in [0.1, 0.15) is 24.8 Å². The first-order valence-electron chi connectivity index (χ1n) is 10.2. The summed E-state index contributed by atoms with van der Waals surface area (Å²) in [5, 5.41) is 19.2. The van der Waals surface area contributed by atoms with E-state index in [0.717, 1.165) is 25.9 Å². The molecule has 0 amide bonds. The van der Waals surface area contributed by atoms with Crippen molar-refractivity contribution in [3.8, 4) is 0 Å². The summed E-state index contributed by atoms with van der Waals surface area (Å²) in [6, 6.07) is 11.1. The first-order valence-corrected chi connectivity index (χ1v) is 11.0. The van der Waals surface area contributed by atoms with E-state index < -0.39 is 4.92 Å². The predicted molar refractivity (Wildman–Crippen MR) is 130 cm³/mol.